The number of nitrogens with one attached hydrogen (secondary N) is 2. The molecule has 0 aromatic heterocycles. The highest BCUT2D eigenvalue weighted by Crippen LogP contribution is 2.43. The first-order valence-electron chi connectivity index (χ1n) is 15.6. The second-order valence-corrected chi connectivity index (χ2v) is 13.4. The Balaban J connectivity index is 1.32. The molecule has 3 amide bonds. The molecule has 42 heavy (non-hydrogen) atoms. The van der Waals surface area contributed by atoms with Crippen molar-refractivity contribution in [2.45, 2.75) is 83.4 Å². The minimum absolute atomic E-state index is 0.00761. The Morgan fingerprint density at radius 3 is 2.55 bits per heavy atom. The quantitative estimate of drug-likeness (QED) is 0.407. The van der Waals surface area contributed by atoms with Crippen LogP contribution in [0.2, 0.25) is 0 Å². The van der Waals surface area contributed by atoms with E-state index in [2.05, 4.69) is 24.5 Å². The Morgan fingerprint density at radius 2 is 1.86 bits per heavy atom. The van der Waals surface area contributed by atoms with Gasteiger partial charge in [0.25, 0.3) is 5.91 Å². The number of carbonyl (C=O) groups excluding carboxylic acids is 3. The van der Waals surface area contributed by atoms with E-state index in [0.717, 1.165) is 44.6 Å². The summed E-state index contributed by atoms with van der Waals surface area (Å²) in [6.45, 7) is 11.4. The van der Waals surface area contributed by atoms with Crippen LogP contribution in [0, 0.1) is 17.8 Å². The van der Waals surface area contributed by atoms with Crippen molar-refractivity contribution in [1.82, 2.24) is 10.6 Å². The van der Waals surface area contributed by atoms with E-state index < -0.39 is 5.60 Å². The van der Waals surface area contributed by atoms with Gasteiger partial charge in [-0.05, 0) is 90.3 Å². The van der Waals surface area contributed by atoms with Gasteiger partial charge in [0.2, 0.25) is 11.8 Å². The summed E-state index contributed by atoms with van der Waals surface area (Å²) in [6, 6.07) is 5.84. The van der Waals surface area contributed by atoms with E-state index in [1.807, 2.05) is 23.1 Å². The van der Waals surface area contributed by atoms with E-state index in [1.54, 1.807) is 25.9 Å². The molecule has 3 fully saturated rings. The van der Waals surface area contributed by atoms with E-state index in [4.69, 9.17) is 14.2 Å². The highest BCUT2D eigenvalue weighted by atomic mass is 16.5. The lowest BCUT2D eigenvalue weighted by atomic mass is 9.80. The maximum atomic E-state index is 14.1. The van der Waals surface area contributed by atoms with Gasteiger partial charge in [-0.2, -0.15) is 0 Å². The highest BCUT2D eigenvalue weighted by Gasteiger charge is 2.44. The molecule has 0 spiro atoms. The fourth-order valence-corrected chi connectivity index (χ4v) is 6.61. The fourth-order valence-electron chi connectivity index (χ4n) is 6.61. The van der Waals surface area contributed by atoms with E-state index >= 15 is 0 Å². The summed E-state index contributed by atoms with van der Waals surface area (Å²) in [5.41, 5.74) is 0.141. The van der Waals surface area contributed by atoms with Crippen LogP contribution >= 0.6 is 0 Å². The first kappa shape index (κ1) is 30.8. The number of nitrogens with zero attached hydrogens (tertiary/aromatic N) is 2. The van der Waals surface area contributed by atoms with Crippen molar-refractivity contribution >= 4 is 29.1 Å². The van der Waals surface area contributed by atoms with Crippen LogP contribution in [0.25, 0.3) is 0 Å². The Labute approximate surface area is 249 Å². The first-order chi connectivity index (χ1) is 20.0. The van der Waals surface area contributed by atoms with Gasteiger partial charge in [0.05, 0.1) is 17.5 Å². The van der Waals surface area contributed by atoms with E-state index in [0.29, 0.717) is 56.4 Å². The molecule has 232 valence electrons. The Hall–Kier alpha value is -2.69. The van der Waals surface area contributed by atoms with Crippen LogP contribution in [0.5, 0.6) is 5.75 Å². The van der Waals surface area contributed by atoms with Gasteiger partial charge in [0.1, 0.15) is 5.75 Å². The Morgan fingerprint density at radius 1 is 1.14 bits per heavy atom. The van der Waals surface area contributed by atoms with Crippen LogP contribution in [0.15, 0.2) is 18.2 Å². The molecule has 1 aliphatic carbocycles. The lowest BCUT2D eigenvalue weighted by Gasteiger charge is -2.40. The molecule has 3 aliphatic heterocycles. The average Bonchev–Trinajstić information content (AvgIpc) is 3.81. The lowest BCUT2D eigenvalue weighted by molar-refractivity contribution is -0.133. The molecule has 0 radical (unpaired) electrons. The monoisotopic (exact) mass is 584 g/mol. The van der Waals surface area contributed by atoms with Crippen LogP contribution in [0.1, 0.15) is 66.2 Å². The van der Waals surface area contributed by atoms with Crippen molar-refractivity contribution < 1.29 is 28.6 Å². The number of rotatable bonds is 10. The van der Waals surface area contributed by atoms with Crippen LogP contribution in [0.4, 0.5) is 11.4 Å². The standard InChI is InChI=1S/C32H48N4O6/c1-31(2,23-11-15-41-16-12-23)34-28(37)21-17-22(20-33-19-21)29(38)36(24-7-8-24)25-9-10-27-26(18-25)35(13-6-14-40-5)30(39)32(3,4)42-27/h9-10,18,21-24,33H,6-8,11-17,19-20H2,1-5H3,(H,34,37)/t21-,22+/m0/s1. The molecular formula is C32H48N4O6. The van der Waals surface area contributed by atoms with Crippen LogP contribution in [-0.4, -0.2) is 81.5 Å². The number of ether oxygens (including phenoxy) is 3. The zero-order valence-electron chi connectivity index (χ0n) is 25.9. The minimum atomic E-state index is -0.976. The predicted molar refractivity (Wildman–Crippen MR) is 161 cm³/mol. The molecule has 4 aliphatic rings. The molecule has 0 bridgehead atoms. The van der Waals surface area contributed by atoms with Crippen LogP contribution < -0.4 is 25.2 Å². The topological polar surface area (TPSA) is 109 Å². The molecule has 1 saturated carbocycles. The number of fused-ring (bicyclic) bond motifs is 1. The number of benzene rings is 1. The van der Waals surface area contributed by atoms with Crippen molar-refractivity contribution in [1.29, 1.82) is 0 Å². The molecule has 3 heterocycles. The van der Waals surface area contributed by atoms with Crippen molar-refractivity contribution in [2.24, 2.45) is 17.8 Å². The van der Waals surface area contributed by atoms with E-state index in [1.165, 1.54) is 0 Å². The molecule has 1 aromatic rings. The summed E-state index contributed by atoms with van der Waals surface area (Å²) in [5, 5.41) is 6.67. The van der Waals surface area contributed by atoms with Gasteiger partial charge >= 0.3 is 0 Å². The van der Waals surface area contributed by atoms with E-state index in [9.17, 15) is 14.4 Å². The van der Waals surface area contributed by atoms with Crippen molar-refractivity contribution in [3.63, 3.8) is 0 Å². The highest BCUT2D eigenvalue weighted by molar-refractivity contribution is 6.04. The largest absolute Gasteiger partial charge is 0.476 e. The summed E-state index contributed by atoms with van der Waals surface area (Å²) in [5.74, 6) is 0.337. The van der Waals surface area contributed by atoms with Gasteiger partial charge in [0, 0.05) is 63.8 Å². The van der Waals surface area contributed by atoms with Gasteiger partial charge in [0.15, 0.2) is 5.60 Å². The minimum Gasteiger partial charge on any atom is -0.476 e. The zero-order valence-corrected chi connectivity index (χ0v) is 25.9. The number of methoxy groups -OCH3 is 1. The number of hydrogen-bond donors (Lipinski definition) is 2. The van der Waals surface area contributed by atoms with Gasteiger partial charge in [-0.15, -0.1) is 0 Å². The number of anilines is 2. The molecule has 10 heteroatoms. The number of carbonyl (C=O) groups is 3. The van der Waals surface area contributed by atoms with Crippen LogP contribution in [-0.2, 0) is 23.9 Å². The van der Waals surface area contributed by atoms with Gasteiger partial charge in [-0.1, -0.05) is 0 Å². The van der Waals surface area contributed by atoms with Crippen molar-refractivity contribution in [3.8, 4) is 5.75 Å². The summed E-state index contributed by atoms with van der Waals surface area (Å²) in [6.07, 6.45) is 4.95. The predicted octanol–water partition coefficient (Wildman–Crippen LogP) is 3.27. The van der Waals surface area contributed by atoms with E-state index in [-0.39, 0.29) is 41.1 Å². The molecule has 0 unspecified atom stereocenters. The molecule has 2 N–H and O–H groups in total. The van der Waals surface area contributed by atoms with Gasteiger partial charge in [-0.3, -0.25) is 14.4 Å². The second-order valence-electron chi connectivity index (χ2n) is 13.4. The number of piperidine rings is 1. The van der Waals surface area contributed by atoms with Crippen molar-refractivity contribution in [2.75, 3.05) is 56.4 Å². The molecule has 1 aromatic carbocycles. The Kier molecular flexibility index (Phi) is 9.16. The SMILES string of the molecule is COCCCN1C(=O)C(C)(C)Oc2ccc(N(C(=O)[C@H]3CNC[C@@H](C(=O)NC(C)(C)C4CCOCC4)C3)C3CC3)cc21. The molecule has 2 saturated heterocycles. The summed E-state index contributed by atoms with van der Waals surface area (Å²) in [7, 11) is 1.65. The maximum Gasteiger partial charge on any atom is 0.270 e. The Bertz CT molecular complexity index is 1160. The molecule has 10 nitrogen and oxygen atoms in total. The fraction of sp³-hybridized carbons (Fsp3) is 0.719. The smallest absolute Gasteiger partial charge is 0.270 e. The number of amides is 3. The summed E-state index contributed by atoms with van der Waals surface area (Å²) in [4.78, 5) is 44.6. The summed E-state index contributed by atoms with van der Waals surface area (Å²) < 4.78 is 16.8. The second kappa shape index (κ2) is 12.5. The van der Waals surface area contributed by atoms with Crippen molar-refractivity contribution in [3.05, 3.63) is 18.2 Å². The average molecular weight is 585 g/mol. The van der Waals surface area contributed by atoms with Crippen LogP contribution in [0.3, 0.4) is 0 Å². The normalized spacial score (nSPS) is 24.5. The summed E-state index contributed by atoms with van der Waals surface area (Å²) >= 11 is 0. The third-order valence-corrected chi connectivity index (χ3v) is 9.27. The third kappa shape index (κ3) is 6.60. The van der Waals surface area contributed by atoms with Gasteiger partial charge in [-0.25, -0.2) is 0 Å². The molecule has 2 atom stereocenters. The third-order valence-electron chi connectivity index (χ3n) is 9.27. The molecular weight excluding hydrogens is 536 g/mol. The first-order valence-corrected chi connectivity index (χ1v) is 15.6. The van der Waals surface area contributed by atoms with Gasteiger partial charge < -0.3 is 34.6 Å². The maximum absolute atomic E-state index is 14.1. The lowest BCUT2D eigenvalue weighted by Crippen LogP contribution is -2.55. The number of hydrogen-bond acceptors (Lipinski definition) is 7. The zero-order chi connectivity index (χ0) is 30.1. The molecule has 5 rings (SSSR count).